The lowest BCUT2D eigenvalue weighted by atomic mass is 10.3. The third-order valence-electron chi connectivity index (χ3n) is 3.47. The van der Waals surface area contributed by atoms with Crippen molar-refractivity contribution in [2.45, 2.75) is 26.3 Å². The van der Waals surface area contributed by atoms with E-state index in [9.17, 15) is 4.79 Å². The van der Waals surface area contributed by atoms with Crippen LogP contribution >= 0.6 is 0 Å². The average molecular weight is 243 g/mol. The number of carbonyl (C=O) groups is 1. The molecule has 0 aromatic carbocycles. The third-order valence-corrected chi connectivity index (χ3v) is 3.47. The number of fused-ring (bicyclic) bond motifs is 1. The number of imidazole rings is 1. The lowest BCUT2D eigenvalue weighted by molar-refractivity contribution is -0.133. The van der Waals surface area contributed by atoms with Gasteiger partial charge in [0.1, 0.15) is 5.65 Å². The Balaban J connectivity index is 1.83. The number of hydrogen-bond acceptors (Lipinski definition) is 2. The van der Waals surface area contributed by atoms with Crippen LogP contribution in [0.5, 0.6) is 0 Å². The van der Waals surface area contributed by atoms with Gasteiger partial charge in [0, 0.05) is 18.7 Å². The van der Waals surface area contributed by atoms with E-state index in [1.807, 2.05) is 46.8 Å². The van der Waals surface area contributed by atoms with E-state index in [-0.39, 0.29) is 5.92 Å². The first-order valence-corrected chi connectivity index (χ1v) is 6.49. The lowest BCUT2D eigenvalue weighted by Gasteiger charge is -2.20. The van der Waals surface area contributed by atoms with Crippen LogP contribution in [0.15, 0.2) is 30.6 Å². The van der Waals surface area contributed by atoms with Crippen LogP contribution in [-0.4, -0.2) is 26.7 Å². The zero-order chi connectivity index (χ0) is 12.5. The Morgan fingerprint density at radius 3 is 3.06 bits per heavy atom. The van der Waals surface area contributed by atoms with E-state index in [0.29, 0.717) is 12.5 Å². The maximum absolute atomic E-state index is 12.1. The summed E-state index contributed by atoms with van der Waals surface area (Å²) in [6.45, 7) is 3.44. The Kier molecular flexibility index (Phi) is 2.78. The number of carbonyl (C=O) groups excluding carboxylic acids is 1. The molecule has 0 N–H and O–H groups in total. The number of hydrogen-bond donors (Lipinski definition) is 0. The van der Waals surface area contributed by atoms with Crippen molar-refractivity contribution in [3.63, 3.8) is 0 Å². The fourth-order valence-electron chi connectivity index (χ4n) is 2.23. The van der Waals surface area contributed by atoms with Gasteiger partial charge in [0.2, 0.25) is 5.91 Å². The van der Waals surface area contributed by atoms with Crippen LogP contribution in [-0.2, 0) is 11.3 Å². The van der Waals surface area contributed by atoms with Gasteiger partial charge in [0.15, 0.2) is 0 Å². The quantitative estimate of drug-likeness (QED) is 0.824. The molecule has 2 aromatic heterocycles. The molecular formula is C14H17N3O. The summed E-state index contributed by atoms with van der Waals surface area (Å²) in [6, 6.07) is 5.93. The van der Waals surface area contributed by atoms with Gasteiger partial charge in [-0.05, 0) is 31.9 Å². The Labute approximate surface area is 106 Å². The highest BCUT2D eigenvalue weighted by Crippen LogP contribution is 2.31. The molecule has 0 saturated heterocycles. The van der Waals surface area contributed by atoms with Crippen LogP contribution in [0.4, 0.5) is 0 Å². The van der Waals surface area contributed by atoms with E-state index in [1.165, 1.54) is 0 Å². The highest BCUT2D eigenvalue weighted by molar-refractivity contribution is 5.81. The van der Waals surface area contributed by atoms with E-state index in [4.69, 9.17) is 0 Å². The third kappa shape index (κ3) is 1.98. The van der Waals surface area contributed by atoms with Gasteiger partial charge in [-0.25, -0.2) is 4.98 Å². The topological polar surface area (TPSA) is 37.6 Å². The monoisotopic (exact) mass is 243 g/mol. The molecule has 4 heteroatoms. The van der Waals surface area contributed by atoms with E-state index in [2.05, 4.69) is 4.98 Å². The lowest BCUT2D eigenvalue weighted by Crippen LogP contribution is -2.31. The number of amides is 1. The highest BCUT2D eigenvalue weighted by atomic mass is 16.2. The van der Waals surface area contributed by atoms with E-state index in [0.717, 1.165) is 30.7 Å². The molecule has 0 radical (unpaired) electrons. The summed E-state index contributed by atoms with van der Waals surface area (Å²) in [4.78, 5) is 18.4. The zero-order valence-electron chi connectivity index (χ0n) is 10.5. The van der Waals surface area contributed by atoms with Crippen molar-refractivity contribution in [1.82, 2.24) is 14.3 Å². The smallest absolute Gasteiger partial charge is 0.226 e. The zero-order valence-corrected chi connectivity index (χ0v) is 10.5. The van der Waals surface area contributed by atoms with Gasteiger partial charge >= 0.3 is 0 Å². The largest absolute Gasteiger partial charge is 0.337 e. The van der Waals surface area contributed by atoms with E-state index in [1.54, 1.807) is 0 Å². The molecule has 4 nitrogen and oxygen atoms in total. The summed E-state index contributed by atoms with van der Waals surface area (Å²) in [5, 5.41) is 0. The maximum atomic E-state index is 12.1. The van der Waals surface area contributed by atoms with Gasteiger partial charge in [0.05, 0.1) is 18.4 Å². The number of aromatic nitrogens is 2. The minimum atomic E-state index is 0.282. The molecular weight excluding hydrogens is 226 g/mol. The van der Waals surface area contributed by atoms with Crippen LogP contribution in [0, 0.1) is 5.92 Å². The minimum Gasteiger partial charge on any atom is -0.337 e. The Morgan fingerprint density at radius 1 is 1.50 bits per heavy atom. The summed E-state index contributed by atoms with van der Waals surface area (Å²) < 4.78 is 2.04. The number of pyridine rings is 1. The van der Waals surface area contributed by atoms with Crippen molar-refractivity contribution >= 4 is 11.6 Å². The number of nitrogens with zero attached hydrogens (tertiary/aromatic N) is 3. The minimum absolute atomic E-state index is 0.282. The first-order valence-electron chi connectivity index (χ1n) is 6.49. The molecule has 3 rings (SSSR count). The van der Waals surface area contributed by atoms with Gasteiger partial charge < -0.3 is 9.30 Å². The van der Waals surface area contributed by atoms with Gasteiger partial charge in [-0.2, -0.15) is 0 Å². The summed E-state index contributed by atoms with van der Waals surface area (Å²) in [5.74, 6) is 0.576. The highest BCUT2D eigenvalue weighted by Gasteiger charge is 2.33. The second-order valence-corrected chi connectivity index (χ2v) is 4.81. The normalized spacial score (nSPS) is 14.9. The van der Waals surface area contributed by atoms with Gasteiger partial charge in [-0.3, -0.25) is 4.79 Å². The van der Waals surface area contributed by atoms with Gasteiger partial charge in [0.25, 0.3) is 0 Å². The molecule has 2 heterocycles. The molecule has 1 aliphatic carbocycles. The molecule has 1 aliphatic rings. The van der Waals surface area contributed by atoms with Gasteiger partial charge in [-0.1, -0.05) is 6.07 Å². The molecule has 2 aromatic rings. The van der Waals surface area contributed by atoms with Crippen LogP contribution in [0.3, 0.4) is 0 Å². The fraction of sp³-hybridized carbons (Fsp3) is 0.429. The maximum Gasteiger partial charge on any atom is 0.226 e. The fourth-order valence-corrected chi connectivity index (χ4v) is 2.23. The van der Waals surface area contributed by atoms with Crippen LogP contribution in [0.25, 0.3) is 5.65 Å². The predicted molar refractivity (Wildman–Crippen MR) is 69.0 cm³/mol. The predicted octanol–water partition coefficient (Wildman–Crippen LogP) is 2.09. The van der Waals surface area contributed by atoms with Crippen molar-refractivity contribution in [2.75, 3.05) is 6.54 Å². The van der Waals surface area contributed by atoms with Crippen molar-refractivity contribution < 1.29 is 4.79 Å². The summed E-state index contributed by atoms with van der Waals surface area (Å²) >= 11 is 0. The molecule has 0 unspecified atom stereocenters. The first kappa shape index (κ1) is 11.3. The molecule has 1 fully saturated rings. The molecule has 0 atom stereocenters. The summed E-state index contributed by atoms with van der Waals surface area (Å²) in [5.41, 5.74) is 2.00. The summed E-state index contributed by atoms with van der Waals surface area (Å²) in [7, 11) is 0. The van der Waals surface area contributed by atoms with Gasteiger partial charge in [-0.15, -0.1) is 0 Å². The molecule has 1 amide bonds. The standard InChI is InChI=1S/C14H17N3O/c1-2-16(14(18)11-6-7-11)10-12-9-15-13-5-3-4-8-17(12)13/h3-5,8-9,11H,2,6-7,10H2,1H3. The first-order chi connectivity index (χ1) is 8.79. The molecule has 18 heavy (non-hydrogen) atoms. The summed E-state index contributed by atoms with van der Waals surface area (Å²) in [6.07, 6.45) is 5.97. The molecule has 94 valence electrons. The number of rotatable bonds is 4. The van der Waals surface area contributed by atoms with Crippen molar-refractivity contribution in [2.24, 2.45) is 5.92 Å². The Morgan fingerprint density at radius 2 is 2.33 bits per heavy atom. The Bertz CT molecular complexity index is 571. The van der Waals surface area contributed by atoms with Crippen LogP contribution in [0.1, 0.15) is 25.5 Å². The molecule has 1 saturated carbocycles. The molecule has 0 aliphatic heterocycles. The van der Waals surface area contributed by atoms with Crippen molar-refractivity contribution in [1.29, 1.82) is 0 Å². The van der Waals surface area contributed by atoms with Crippen LogP contribution < -0.4 is 0 Å². The van der Waals surface area contributed by atoms with Crippen molar-refractivity contribution in [3.05, 3.63) is 36.3 Å². The van der Waals surface area contributed by atoms with E-state index < -0.39 is 0 Å². The van der Waals surface area contributed by atoms with Crippen molar-refractivity contribution in [3.8, 4) is 0 Å². The van der Waals surface area contributed by atoms with E-state index >= 15 is 0 Å². The molecule has 0 bridgehead atoms. The second kappa shape index (κ2) is 4.44. The second-order valence-electron chi connectivity index (χ2n) is 4.81. The Hall–Kier alpha value is -1.84. The average Bonchev–Trinajstić information content (AvgIpc) is 3.17. The van der Waals surface area contributed by atoms with Crippen LogP contribution in [0.2, 0.25) is 0 Å². The molecule has 0 spiro atoms. The SMILES string of the molecule is CCN(Cc1cnc2ccccn12)C(=O)C1CC1.